The number of halogens is 2. The second-order valence-corrected chi connectivity index (χ2v) is 8.06. The molecule has 0 bridgehead atoms. The molecule has 1 amide bonds. The van der Waals surface area contributed by atoms with Crippen molar-refractivity contribution in [1.82, 2.24) is 29.8 Å². The van der Waals surface area contributed by atoms with E-state index in [4.69, 9.17) is 11.6 Å². The van der Waals surface area contributed by atoms with Crippen molar-refractivity contribution in [2.75, 3.05) is 5.32 Å². The average molecular weight is 452 g/mol. The first-order valence-electron chi connectivity index (χ1n) is 10.2. The molecule has 0 atom stereocenters. The van der Waals surface area contributed by atoms with Crippen molar-refractivity contribution in [3.05, 3.63) is 77.3 Å². The Morgan fingerprint density at radius 2 is 2.00 bits per heavy atom. The number of amides is 1. The van der Waals surface area contributed by atoms with Crippen LogP contribution in [0.4, 0.5) is 10.2 Å². The Balaban J connectivity index is 1.24. The fourth-order valence-corrected chi connectivity index (χ4v) is 3.97. The molecule has 4 aromatic rings. The SMILES string of the molecule is O=C(NC1CC(n2cnc3c(NCc4cccc(F)c4)ncnc32)C1)c1cccc(Cl)n1. The number of imidazole rings is 1. The molecule has 32 heavy (non-hydrogen) atoms. The maximum absolute atomic E-state index is 13.4. The Labute approximate surface area is 187 Å². The third kappa shape index (κ3) is 4.11. The van der Waals surface area contributed by atoms with E-state index in [1.165, 1.54) is 18.5 Å². The van der Waals surface area contributed by atoms with Crippen LogP contribution in [0.25, 0.3) is 11.2 Å². The van der Waals surface area contributed by atoms with E-state index < -0.39 is 0 Å². The van der Waals surface area contributed by atoms with Crippen LogP contribution in [0.3, 0.4) is 0 Å². The topological polar surface area (TPSA) is 97.6 Å². The lowest BCUT2D eigenvalue weighted by atomic mass is 9.86. The summed E-state index contributed by atoms with van der Waals surface area (Å²) in [4.78, 5) is 29.6. The van der Waals surface area contributed by atoms with Crippen LogP contribution in [0.2, 0.25) is 5.15 Å². The minimum atomic E-state index is -0.279. The van der Waals surface area contributed by atoms with Gasteiger partial charge >= 0.3 is 0 Å². The number of hydrogen-bond donors (Lipinski definition) is 2. The molecular formula is C22H19ClFN7O. The highest BCUT2D eigenvalue weighted by Gasteiger charge is 2.33. The molecule has 0 spiro atoms. The highest BCUT2D eigenvalue weighted by molar-refractivity contribution is 6.29. The van der Waals surface area contributed by atoms with Crippen LogP contribution in [-0.2, 0) is 6.54 Å². The molecule has 0 unspecified atom stereocenters. The summed E-state index contributed by atoms with van der Waals surface area (Å²) in [6, 6.07) is 11.6. The van der Waals surface area contributed by atoms with Gasteiger partial charge in [-0.15, -0.1) is 0 Å². The number of fused-ring (bicyclic) bond motifs is 1. The van der Waals surface area contributed by atoms with Gasteiger partial charge in [-0.05, 0) is 42.7 Å². The summed E-state index contributed by atoms with van der Waals surface area (Å²) in [6.45, 7) is 0.422. The molecule has 5 rings (SSSR count). The number of aromatic nitrogens is 5. The third-order valence-electron chi connectivity index (χ3n) is 5.50. The second kappa shape index (κ2) is 8.51. The van der Waals surface area contributed by atoms with Gasteiger partial charge in [-0.2, -0.15) is 0 Å². The summed E-state index contributed by atoms with van der Waals surface area (Å²) >= 11 is 5.86. The van der Waals surface area contributed by atoms with Crippen LogP contribution in [0.15, 0.2) is 55.1 Å². The van der Waals surface area contributed by atoms with Gasteiger partial charge in [-0.1, -0.05) is 29.8 Å². The maximum Gasteiger partial charge on any atom is 0.270 e. The van der Waals surface area contributed by atoms with E-state index in [1.54, 1.807) is 30.6 Å². The zero-order valence-electron chi connectivity index (χ0n) is 16.9. The second-order valence-electron chi connectivity index (χ2n) is 7.67. The highest BCUT2D eigenvalue weighted by atomic mass is 35.5. The van der Waals surface area contributed by atoms with Crippen LogP contribution < -0.4 is 10.6 Å². The minimum absolute atomic E-state index is 0.0399. The first-order valence-corrected chi connectivity index (χ1v) is 10.5. The summed E-state index contributed by atoms with van der Waals surface area (Å²) in [5.74, 6) is 0.0750. The van der Waals surface area contributed by atoms with Gasteiger partial charge in [-0.25, -0.2) is 24.3 Å². The Bertz CT molecular complexity index is 1290. The molecule has 1 aliphatic carbocycles. The molecule has 162 valence electrons. The van der Waals surface area contributed by atoms with Gasteiger partial charge in [0.15, 0.2) is 11.5 Å². The van der Waals surface area contributed by atoms with Crippen LogP contribution >= 0.6 is 11.6 Å². The lowest BCUT2D eigenvalue weighted by Crippen LogP contribution is -2.45. The first kappa shape index (κ1) is 20.3. The maximum atomic E-state index is 13.4. The monoisotopic (exact) mass is 451 g/mol. The van der Waals surface area contributed by atoms with E-state index in [2.05, 4.69) is 30.6 Å². The summed E-state index contributed by atoms with van der Waals surface area (Å²) < 4.78 is 15.4. The van der Waals surface area contributed by atoms with E-state index in [0.717, 1.165) is 18.4 Å². The number of carbonyl (C=O) groups excluding carboxylic acids is 1. The number of hydrogen-bond acceptors (Lipinski definition) is 6. The van der Waals surface area contributed by atoms with Crippen molar-refractivity contribution in [3.63, 3.8) is 0 Å². The molecule has 3 aromatic heterocycles. The van der Waals surface area contributed by atoms with Crippen LogP contribution in [0.5, 0.6) is 0 Å². The lowest BCUT2D eigenvalue weighted by molar-refractivity contribution is 0.0889. The van der Waals surface area contributed by atoms with Crippen LogP contribution in [0, 0.1) is 5.82 Å². The predicted octanol–water partition coefficient (Wildman–Crippen LogP) is 3.76. The van der Waals surface area contributed by atoms with Crippen LogP contribution in [-0.4, -0.2) is 36.5 Å². The van der Waals surface area contributed by atoms with Gasteiger partial charge in [0.05, 0.1) is 6.33 Å². The molecule has 1 saturated carbocycles. The zero-order valence-corrected chi connectivity index (χ0v) is 17.6. The third-order valence-corrected chi connectivity index (χ3v) is 5.71. The van der Waals surface area contributed by atoms with E-state index >= 15 is 0 Å². The number of pyridine rings is 1. The van der Waals surface area contributed by atoms with Gasteiger partial charge in [0.1, 0.15) is 28.5 Å². The summed E-state index contributed by atoms with van der Waals surface area (Å²) in [6.07, 6.45) is 4.74. The number of nitrogens with one attached hydrogen (secondary N) is 2. The van der Waals surface area contributed by atoms with E-state index in [9.17, 15) is 9.18 Å². The molecule has 8 nitrogen and oxygen atoms in total. The molecular weight excluding hydrogens is 433 g/mol. The van der Waals surface area contributed by atoms with Crippen molar-refractivity contribution in [3.8, 4) is 0 Å². The fourth-order valence-electron chi connectivity index (χ4n) is 3.81. The Kier molecular flexibility index (Phi) is 5.40. The van der Waals surface area contributed by atoms with Crippen molar-refractivity contribution in [2.45, 2.75) is 31.5 Å². The molecule has 2 N–H and O–H groups in total. The van der Waals surface area contributed by atoms with E-state index in [1.807, 2.05) is 10.6 Å². The van der Waals surface area contributed by atoms with Crippen molar-refractivity contribution < 1.29 is 9.18 Å². The summed E-state index contributed by atoms with van der Waals surface area (Å²) in [5.41, 5.74) is 2.48. The molecule has 1 aliphatic rings. The molecule has 0 saturated heterocycles. The van der Waals surface area contributed by atoms with Gasteiger partial charge in [0.25, 0.3) is 5.91 Å². The molecule has 0 aliphatic heterocycles. The van der Waals surface area contributed by atoms with Gasteiger partial charge in [0.2, 0.25) is 0 Å². The van der Waals surface area contributed by atoms with E-state index in [-0.39, 0.29) is 29.0 Å². The van der Waals surface area contributed by atoms with Gasteiger partial charge < -0.3 is 15.2 Å². The summed E-state index contributed by atoms with van der Waals surface area (Å²) in [7, 11) is 0. The zero-order chi connectivity index (χ0) is 22.1. The predicted molar refractivity (Wildman–Crippen MR) is 118 cm³/mol. The normalized spacial score (nSPS) is 17.7. The van der Waals surface area contributed by atoms with E-state index in [0.29, 0.717) is 29.2 Å². The van der Waals surface area contributed by atoms with Crippen molar-refractivity contribution >= 4 is 34.5 Å². The standard InChI is InChI=1S/C22H19ClFN7O/c23-18-6-2-5-17(30-18)22(32)29-15-8-16(9-15)31-12-28-19-20(26-11-27-21(19)31)25-10-13-3-1-4-14(24)7-13/h1-7,11-12,15-16H,8-10H2,(H,29,32)(H,25,26,27). The molecule has 1 fully saturated rings. The lowest BCUT2D eigenvalue weighted by Gasteiger charge is -2.36. The average Bonchev–Trinajstić information content (AvgIpc) is 3.18. The van der Waals surface area contributed by atoms with Crippen molar-refractivity contribution in [2.24, 2.45) is 0 Å². The first-order chi connectivity index (χ1) is 15.6. The molecule has 1 aromatic carbocycles. The summed E-state index contributed by atoms with van der Waals surface area (Å²) in [5, 5.41) is 6.48. The Morgan fingerprint density at radius 3 is 2.81 bits per heavy atom. The number of carbonyl (C=O) groups is 1. The number of anilines is 1. The fraction of sp³-hybridized carbons (Fsp3) is 0.227. The molecule has 10 heteroatoms. The molecule has 0 radical (unpaired) electrons. The minimum Gasteiger partial charge on any atom is -0.364 e. The quantitative estimate of drug-likeness (QED) is 0.433. The number of benzene rings is 1. The largest absolute Gasteiger partial charge is 0.364 e. The Hall–Kier alpha value is -3.59. The smallest absolute Gasteiger partial charge is 0.270 e. The van der Waals surface area contributed by atoms with Crippen molar-refractivity contribution in [1.29, 1.82) is 0 Å². The van der Waals surface area contributed by atoms with Gasteiger partial charge in [0, 0.05) is 18.6 Å². The number of rotatable bonds is 6. The van der Waals surface area contributed by atoms with Gasteiger partial charge in [-0.3, -0.25) is 4.79 Å². The van der Waals surface area contributed by atoms with Crippen LogP contribution in [0.1, 0.15) is 34.9 Å². The highest BCUT2D eigenvalue weighted by Crippen LogP contribution is 2.35. The number of nitrogens with zero attached hydrogens (tertiary/aromatic N) is 5. The Morgan fingerprint density at radius 1 is 1.16 bits per heavy atom. The molecule has 3 heterocycles.